The van der Waals surface area contributed by atoms with Gasteiger partial charge in [-0.25, -0.2) is 4.79 Å². The lowest BCUT2D eigenvalue weighted by atomic mass is 10.4. The molecule has 0 aliphatic heterocycles. The topological polar surface area (TPSA) is 56.1 Å². The largest absolute Gasteiger partial charge is 0.327 e. The van der Waals surface area contributed by atoms with Gasteiger partial charge in [0.2, 0.25) is 0 Å². The predicted octanol–water partition coefficient (Wildman–Crippen LogP) is 1.21. The van der Waals surface area contributed by atoms with Crippen molar-refractivity contribution in [3.63, 3.8) is 0 Å². The van der Waals surface area contributed by atoms with Gasteiger partial charge in [0.05, 0.1) is 6.07 Å². The molecule has 0 aromatic carbocycles. The molecule has 0 bridgehead atoms. The van der Waals surface area contributed by atoms with Crippen LogP contribution in [0.25, 0.3) is 0 Å². The fraction of sp³-hybridized carbons (Fsp3) is 0.714. The van der Waals surface area contributed by atoms with Crippen molar-refractivity contribution >= 4 is 18.0 Å². The van der Waals surface area contributed by atoms with E-state index in [2.05, 4.69) is 4.72 Å². The number of hydrogen-bond donors (Lipinski definition) is 1. The molecule has 68 valence electrons. The Kier molecular flexibility index (Phi) is 6.29. The molecule has 0 heterocycles. The lowest BCUT2D eigenvalue weighted by molar-refractivity contribution is 0.215. The van der Waals surface area contributed by atoms with Crippen LogP contribution in [0.1, 0.15) is 13.3 Å². The van der Waals surface area contributed by atoms with E-state index in [-0.39, 0.29) is 11.8 Å². The molecule has 5 heteroatoms. The summed E-state index contributed by atoms with van der Waals surface area (Å²) in [5.41, 5.74) is 0. The molecule has 12 heavy (non-hydrogen) atoms. The van der Waals surface area contributed by atoms with Gasteiger partial charge in [0.1, 0.15) is 5.75 Å². The third-order valence-electron chi connectivity index (χ3n) is 1.20. The van der Waals surface area contributed by atoms with Gasteiger partial charge in [-0.15, -0.1) is 0 Å². The van der Waals surface area contributed by atoms with Crippen LogP contribution in [0, 0.1) is 11.3 Å². The van der Waals surface area contributed by atoms with Gasteiger partial charge < -0.3 is 4.90 Å². The number of urea groups is 1. The van der Waals surface area contributed by atoms with Gasteiger partial charge in [-0.1, -0.05) is 6.92 Å². The van der Waals surface area contributed by atoms with E-state index in [0.717, 1.165) is 24.9 Å². The Bertz CT molecular complexity index is 178. The molecule has 0 saturated carbocycles. The Labute approximate surface area is 77.1 Å². The van der Waals surface area contributed by atoms with Crippen LogP contribution in [-0.4, -0.2) is 30.3 Å². The monoisotopic (exact) mass is 187 g/mol. The number of carbonyl (C=O) groups is 1. The summed E-state index contributed by atoms with van der Waals surface area (Å²) in [7, 11) is 1.73. The summed E-state index contributed by atoms with van der Waals surface area (Å²) in [4.78, 5) is 12.7. The van der Waals surface area contributed by atoms with Crippen molar-refractivity contribution in [2.45, 2.75) is 13.3 Å². The first-order chi connectivity index (χ1) is 5.72. The Morgan fingerprint density at radius 1 is 1.75 bits per heavy atom. The molecule has 0 aliphatic carbocycles. The number of nitrogens with one attached hydrogen (secondary N) is 1. The molecule has 0 spiro atoms. The number of carbonyl (C=O) groups excluding carboxylic acids is 1. The maximum Gasteiger partial charge on any atom is 0.327 e. The van der Waals surface area contributed by atoms with E-state index in [1.807, 2.05) is 13.0 Å². The van der Waals surface area contributed by atoms with Gasteiger partial charge in [-0.3, -0.25) is 4.72 Å². The fourth-order valence-electron chi connectivity index (χ4n) is 0.645. The minimum absolute atomic E-state index is 0.142. The molecular weight excluding hydrogens is 174 g/mol. The first-order valence-electron chi connectivity index (χ1n) is 3.72. The van der Waals surface area contributed by atoms with Crippen LogP contribution in [0.4, 0.5) is 4.79 Å². The van der Waals surface area contributed by atoms with Crippen molar-refractivity contribution < 1.29 is 4.79 Å². The number of nitrogens with zero attached hydrogens (tertiary/aromatic N) is 2. The molecule has 0 aliphatic rings. The maximum absolute atomic E-state index is 11.1. The Morgan fingerprint density at radius 3 is 2.92 bits per heavy atom. The second kappa shape index (κ2) is 6.80. The van der Waals surface area contributed by atoms with Gasteiger partial charge >= 0.3 is 6.03 Å². The second-order valence-corrected chi connectivity index (χ2v) is 3.06. The zero-order valence-corrected chi connectivity index (χ0v) is 8.15. The fourth-order valence-corrected chi connectivity index (χ4v) is 1.06. The molecule has 0 radical (unpaired) electrons. The van der Waals surface area contributed by atoms with E-state index in [9.17, 15) is 4.79 Å². The lowest BCUT2D eigenvalue weighted by Gasteiger charge is -2.15. The Morgan fingerprint density at radius 2 is 2.42 bits per heavy atom. The minimum Gasteiger partial charge on any atom is -0.327 e. The first kappa shape index (κ1) is 11.1. The van der Waals surface area contributed by atoms with E-state index in [1.54, 1.807) is 11.9 Å². The van der Waals surface area contributed by atoms with Crippen molar-refractivity contribution in [1.82, 2.24) is 9.62 Å². The normalized spacial score (nSPS) is 8.75. The highest BCUT2D eigenvalue weighted by atomic mass is 32.2. The molecule has 0 aromatic rings. The van der Waals surface area contributed by atoms with Crippen LogP contribution in [0.3, 0.4) is 0 Å². The van der Waals surface area contributed by atoms with Crippen LogP contribution in [0.5, 0.6) is 0 Å². The quantitative estimate of drug-likeness (QED) is 0.531. The third-order valence-corrected chi connectivity index (χ3v) is 1.79. The molecule has 0 fully saturated rings. The zero-order chi connectivity index (χ0) is 9.40. The van der Waals surface area contributed by atoms with E-state index < -0.39 is 0 Å². The van der Waals surface area contributed by atoms with E-state index >= 15 is 0 Å². The molecule has 0 saturated heterocycles. The molecule has 0 atom stereocenters. The summed E-state index contributed by atoms with van der Waals surface area (Å²) >= 11 is 1.11. The smallest absolute Gasteiger partial charge is 0.327 e. The van der Waals surface area contributed by atoms with Gasteiger partial charge in [0.25, 0.3) is 0 Å². The van der Waals surface area contributed by atoms with Crippen LogP contribution < -0.4 is 4.72 Å². The summed E-state index contributed by atoms with van der Waals surface area (Å²) < 4.78 is 2.55. The predicted molar refractivity (Wildman–Crippen MR) is 49.5 cm³/mol. The second-order valence-electron chi connectivity index (χ2n) is 2.28. The van der Waals surface area contributed by atoms with E-state index in [1.165, 1.54) is 0 Å². The molecule has 1 N–H and O–H groups in total. The van der Waals surface area contributed by atoms with Crippen LogP contribution in [0.2, 0.25) is 0 Å². The van der Waals surface area contributed by atoms with Crippen LogP contribution in [-0.2, 0) is 0 Å². The molecule has 2 amide bonds. The number of hydrogen-bond acceptors (Lipinski definition) is 3. The van der Waals surface area contributed by atoms with Crippen molar-refractivity contribution in [2.24, 2.45) is 0 Å². The lowest BCUT2D eigenvalue weighted by Crippen LogP contribution is -2.34. The summed E-state index contributed by atoms with van der Waals surface area (Å²) in [5, 5.41) is 8.19. The highest BCUT2D eigenvalue weighted by Crippen LogP contribution is 1.94. The first-order valence-corrected chi connectivity index (χ1v) is 4.70. The summed E-state index contributed by atoms with van der Waals surface area (Å²) in [6.45, 7) is 2.74. The van der Waals surface area contributed by atoms with E-state index in [4.69, 9.17) is 5.26 Å². The number of amides is 2. The van der Waals surface area contributed by atoms with Crippen molar-refractivity contribution in [3.05, 3.63) is 0 Å². The average Bonchev–Trinajstić information content (AvgIpc) is 2.05. The highest BCUT2D eigenvalue weighted by molar-refractivity contribution is 7.98. The molecule has 0 unspecified atom stereocenters. The van der Waals surface area contributed by atoms with Gasteiger partial charge in [0, 0.05) is 13.6 Å². The summed E-state index contributed by atoms with van der Waals surface area (Å²) in [5.74, 6) is 0.283. The Balaban J connectivity index is 3.51. The standard InChI is InChI=1S/C7H13N3OS/c1-3-5-10(2)7(11)9-12-6-4-8/h3,5-6H2,1-2H3,(H,9,11). The van der Waals surface area contributed by atoms with Crippen LogP contribution >= 0.6 is 11.9 Å². The highest BCUT2D eigenvalue weighted by Gasteiger charge is 2.05. The van der Waals surface area contributed by atoms with Gasteiger partial charge in [-0.2, -0.15) is 5.26 Å². The number of nitriles is 1. The molecular formula is C7H13N3OS. The Hall–Kier alpha value is -0.890. The van der Waals surface area contributed by atoms with Crippen LogP contribution in [0.15, 0.2) is 0 Å². The van der Waals surface area contributed by atoms with Crippen molar-refractivity contribution in [1.29, 1.82) is 5.26 Å². The van der Waals surface area contributed by atoms with E-state index in [0.29, 0.717) is 0 Å². The zero-order valence-electron chi connectivity index (χ0n) is 7.33. The SMILES string of the molecule is CCCN(C)C(=O)NSCC#N. The maximum atomic E-state index is 11.1. The van der Waals surface area contributed by atoms with Gasteiger partial charge in [-0.05, 0) is 18.4 Å². The molecule has 0 rings (SSSR count). The minimum atomic E-state index is -0.142. The van der Waals surface area contributed by atoms with Crippen molar-refractivity contribution in [2.75, 3.05) is 19.3 Å². The van der Waals surface area contributed by atoms with Gasteiger partial charge in [0.15, 0.2) is 0 Å². The molecule has 0 aromatic heterocycles. The summed E-state index contributed by atoms with van der Waals surface area (Å²) in [6, 6.07) is 1.78. The average molecular weight is 187 g/mol. The molecule has 4 nitrogen and oxygen atoms in total. The summed E-state index contributed by atoms with van der Waals surface area (Å²) in [6.07, 6.45) is 0.937. The van der Waals surface area contributed by atoms with Crippen molar-refractivity contribution in [3.8, 4) is 6.07 Å². The third kappa shape index (κ3) is 4.85. The number of rotatable bonds is 4.